The van der Waals surface area contributed by atoms with Crippen molar-refractivity contribution >= 4 is 39.6 Å². The minimum atomic E-state index is -0.802. The molecule has 27 heavy (non-hydrogen) atoms. The molecule has 1 heterocycles. The number of Topliss-reactive ketones (excluding diaryl/α,β-unsaturated/α-hetero) is 1. The molecule has 5 nitrogen and oxygen atoms in total. The van der Waals surface area contributed by atoms with E-state index in [1.165, 1.54) is 0 Å². The third-order valence-electron chi connectivity index (χ3n) is 3.97. The van der Waals surface area contributed by atoms with Crippen molar-refractivity contribution < 1.29 is 18.5 Å². The van der Waals surface area contributed by atoms with Crippen LogP contribution in [0.5, 0.6) is 0 Å². The maximum absolute atomic E-state index is 12.8. The van der Waals surface area contributed by atoms with E-state index >= 15 is 0 Å². The minimum Gasteiger partial charge on any atom is -0.456 e. The van der Waals surface area contributed by atoms with Crippen molar-refractivity contribution in [1.29, 1.82) is 0 Å². The first-order valence-corrected chi connectivity index (χ1v) is 10.0. The van der Waals surface area contributed by atoms with Gasteiger partial charge in [0, 0.05) is 21.4 Å². The first-order valence-electron chi connectivity index (χ1n) is 8.44. The number of hydrogen-bond acceptors (Lipinski definition) is 5. The lowest BCUT2D eigenvalue weighted by Crippen LogP contribution is -2.35. The lowest BCUT2D eigenvalue weighted by Gasteiger charge is -2.19. The van der Waals surface area contributed by atoms with Gasteiger partial charge in [-0.3, -0.25) is 4.79 Å². The topological polar surface area (TPSA) is 63.5 Å². The SMILES string of the molecule is CC(C)(C)OC(=O)c1ccc(CC2C(=O)c3cc(Br)ccc3S[N+]2=O)cc1. The highest BCUT2D eigenvalue weighted by Gasteiger charge is 2.43. The fourth-order valence-corrected chi connectivity index (χ4v) is 3.95. The Morgan fingerprint density at radius 1 is 1.19 bits per heavy atom. The van der Waals surface area contributed by atoms with E-state index in [1.807, 2.05) is 26.8 Å². The molecule has 1 aliphatic rings. The van der Waals surface area contributed by atoms with Crippen LogP contribution >= 0.6 is 27.9 Å². The normalized spacial score (nSPS) is 16.8. The molecule has 0 aromatic heterocycles. The molecule has 2 aromatic carbocycles. The number of nitroso groups, excluding NO2 is 1. The quantitative estimate of drug-likeness (QED) is 0.375. The average Bonchev–Trinajstić information content (AvgIpc) is 2.58. The Hall–Kier alpha value is -1.99. The molecule has 0 radical (unpaired) electrons. The van der Waals surface area contributed by atoms with Crippen molar-refractivity contribution in [1.82, 2.24) is 0 Å². The van der Waals surface area contributed by atoms with E-state index in [-0.39, 0.29) is 12.2 Å². The van der Waals surface area contributed by atoms with Crippen molar-refractivity contribution in [2.75, 3.05) is 0 Å². The van der Waals surface area contributed by atoms with Gasteiger partial charge in [0.2, 0.25) is 5.78 Å². The van der Waals surface area contributed by atoms with Gasteiger partial charge < -0.3 is 4.74 Å². The minimum absolute atomic E-state index is 0.198. The second-order valence-corrected chi connectivity index (χ2v) is 9.20. The number of nitrogens with zero attached hydrogens (tertiary/aromatic N) is 1. The van der Waals surface area contributed by atoms with Crippen LogP contribution in [0, 0.1) is 4.91 Å². The van der Waals surface area contributed by atoms with Gasteiger partial charge in [-0.2, -0.15) is 0 Å². The van der Waals surface area contributed by atoms with Gasteiger partial charge in [0.25, 0.3) is 18.0 Å². The molecule has 0 fully saturated rings. The van der Waals surface area contributed by atoms with Crippen molar-refractivity contribution in [2.24, 2.45) is 0 Å². The molecule has 0 saturated carbocycles. The molecule has 0 saturated heterocycles. The molecular weight excluding hydrogens is 430 g/mol. The van der Waals surface area contributed by atoms with Crippen molar-refractivity contribution in [3.8, 4) is 0 Å². The van der Waals surface area contributed by atoms with E-state index < -0.39 is 17.6 Å². The summed E-state index contributed by atoms with van der Waals surface area (Å²) in [5, 5.41) is 0. The van der Waals surface area contributed by atoms with Gasteiger partial charge in [-0.05, 0) is 56.7 Å². The number of carbonyl (C=O) groups is 2. The molecule has 0 amide bonds. The summed E-state index contributed by atoms with van der Waals surface area (Å²) in [5.74, 6) is -0.598. The zero-order valence-corrected chi connectivity index (χ0v) is 17.6. The maximum atomic E-state index is 12.8. The smallest absolute Gasteiger partial charge is 0.338 e. The van der Waals surface area contributed by atoms with Crippen molar-refractivity contribution in [3.05, 3.63) is 68.5 Å². The van der Waals surface area contributed by atoms with Crippen LogP contribution in [0.1, 0.15) is 47.1 Å². The molecule has 3 rings (SSSR count). The zero-order chi connectivity index (χ0) is 19.8. The fourth-order valence-electron chi connectivity index (χ4n) is 2.71. The zero-order valence-electron chi connectivity index (χ0n) is 15.2. The molecule has 1 unspecified atom stereocenters. The van der Waals surface area contributed by atoms with Gasteiger partial charge >= 0.3 is 5.97 Å². The van der Waals surface area contributed by atoms with Crippen LogP contribution in [0.25, 0.3) is 0 Å². The summed E-state index contributed by atoms with van der Waals surface area (Å²) < 4.78 is 6.89. The van der Waals surface area contributed by atoms with Gasteiger partial charge in [0.15, 0.2) is 0 Å². The first-order chi connectivity index (χ1) is 12.6. The Bertz CT molecular complexity index is 919. The molecule has 0 bridgehead atoms. The lowest BCUT2D eigenvalue weighted by molar-refractivity contribution is -0.402. The molecular formula is C20H19BrNO4S+. The molecule has 0 N–H and O–H groups in total. The summed E-state index contributed by atoms with van der Waals surface area (Å²) in [6.45, 7) is 5.43. The summed E-state index contributed by atoms with van der Waals surface area (Å²) in [6.07, 6.45) is 0.274. The number of ketones is 1. The summed E-state index contributed by atoms with van der Waals surface area (Å²) >= 11 is 4.39. The van der Waals surface area contributed by atoms with Gasteiger partial charge in [0.1, 0.15) is 5.60 Å². The number of fused-ring (bicyclic) bond motifs is 1. The van der Waals surface area contributed by atoms with Crippen LogP contribution in [0.2, 0.25) is 0 Å². The molecule has 2 aromatic rings. The molecule has 7 heteroatoms. The fraction of sp³-hybridized carbons (Fsp3) is 0.300. The van der Waals surface area contributed by atoms with E-state index in [4.69, 9.17) is 4.74 Å². The second-order valence-electron chi connectivity index (χ2n) is 7.30. The third kappa shape index (κ3) is 4.65. The van der Waals surface area contributed by atoms with E-state index in [9.17, 15) is 14.5 Å². The summed E-state index contributed by atoms with van der Waals surface area (Å²) in [7, 11) is 0. The van der Waals surface area contributed by atoms with Gasteiger partial charge in [-0.1, -0.05) is 28.1 Å². The molecule has 1 aliphatic heterocycles. The van der Waals surface area contributed by atoms with Crippen LogP contribution in [0.15, 0.2) is 51.8 Å². The van der Waals surface area contributed by atoms with Gasteiger partial charge in [-0.25, -0.2) is 4.79 Å². The number of ether oxygens (including phenoxy) is 1. The average molecular weight is 449 g/mol. The predicted molar refractivity (Wildman–Crippen MR) is 107 cm³/mol. The molecule has 0 aliphatic carbocycles. The highest BCUT2D eigenvalue weighted by Crippen LogP contribution is 2.34. The van der Waals surface area contributed by atoms with Crippen molar-refractivity contribution in [2.45, 2.75) is 43.7 Å². The summed E-state index contributed by atoms with van der Waals surface area (Å²) in [5.41, 5.74) is 1.23. The van der Waals surface area contributed by atoms with E-state index in [0.717, 1.165) is 26.1 Å². The van der Waals surface area contributed by atoms with Crippen LogP contribution in [0.3, 0.4) is 0 Å². The van der Waals surface area contributed by atoms with Crippen LogP contribution in [-0.2, 0) is 11.2 Å². The van der Waals surface area contributed by atoms with Gasteiger partial charge in [-0.15, -0.1) is 0 Å². The first kappa shape index (κ1) is 19.8. The molecule has 0 spiro atoms. The van der Waals surface area contributed by atoms with E-state index in [2.05, 4.69) is 15.9 Å². The largest absolute Gasteiger partial charge is 0.456 e. The summed E-state index contributed by atoms with van der Waals surface area (Å²) in [6, 6.07) is 11.3. The number of hydrogen-bond donors (Lipinski definition) is 0. The number of rotatable bonds is 3. The third-order valence-corrected chi connectivity index (χ3v) is 5.45. The van der Waals surface area contributed by atoms with Crippen LogP contribution in [-0.4, -0.2) is 27.6 Å². The highest BCUT2D eigenvalue weighted by atomic mass is 79.9. The monoisotopic (exact) mass is 448 g/mol. The van der Waals surface area contributed by atoms with Crippen LogP contribution in [0.4, 0.5) is 0 Å². The predicted octanol–water partition coefficient (Wildman–Crippen LogP) is 5.00. The molecule has 1 atom stereocenters. The van der Waals surface area contributed by atoms with Crippen molar-refractivity contribution in [3.63, 3.8) is 0 Å². The van der Waals surface area contributed by atoms with Crippen LogP contribution < -0.4 is 0 Å². The number of benzene rings is 2. The Balaban J connectivity index is 1.76. The van der Waals surface area contributed by atoms with E-state index in [1.54, 1.807) is 36.4 Å². The standard InChI is InChI=1S/C20H19BrNO4S/c1-20(2,3)26-19(24)13-6-4-12(5-7-13)10-16-18(23)15-11-14(21)8-9-17(15)27-22(16)25/h4-9,11,16H,10H2,1-3H3/q+1. The Morgan fingerprint density at radius 3 is 2.48 bits per heavy atom. The highest BCUT2D eigenvalue weighted by molar-refractivity contribution is 9.10. The molecule has 140 valence electrons. The van der Waals surface area contributed by atoms with Gasteiger partial charge in [0.05, 0.1) is 14.6 Å². The Labute approximate surface area is 170 Å². The number of halogens is 1. The Morgan fingerprint density at radius 2 is 1.85 bits per heavy atom. The Kier molecular flexibility index (Phi) is 5.53. The lowest BCUT2D eigenvalue weighted by atomic mass is 9.97. The maximum Gasteiger partial charge on any atom is 0.338 e. The summed E-state index contributed by atoms with van der Waals surface area (Å²) in [4.78, 5) is 37.9. The second kappa shape index (κ2) is 7.56. The number of carbonyl (C=O) groups excluding carboxylic acids is 2. The number of esters is 1. The van der Waals surface area contributed by atoms with E-state index in [0.29, 0.717) is 16.0 Å².